The van der Waals surface area contributed by atoms with Gasteiger partial charge >= 0.3 is 0 Å². The lowest BCUT2D eigenvalue weighted by molar-refractivity contribution is 0.0963. The van der Waals surface area contributed by atoms with Crippen molar-refractivity contribution in [1.29, 1.82) is 0 Å². The van der Waals surface area contributed by atoms with Gasteiger partial charge in [0, 0.05) is 24.7 Å². The van der Waals surface area contributed by atoms with E-state index in [1.807, 2.05) is 18.2 Å². The van der Waals surface area contributed by atoms with Gasteiger partial charge in [0.1, 0.15) is 5.82 Å². The summed E-state index contributed by atoms with van der Waals surface area (Å²) in [5.74, 6) is 1.25. The van der Waals surface area contributed by atoms with Gasteiger partial charge in [0.25, 0.3) is 5.91 Å². The molecule has 0 saturated carbocycles. The first-order valence-corrected chi connectivity index (χ1v) is 10.9. The van der Waals surface area contributed by atoms with E-state index in [0.29, 0.717) is 11.5 Å². The minimum absolute atomic E-state index is 0.101. The second kappa shape index (κ2) is 8.38. The number of hydrogen-bond acceptors (Lipinski definition) is 2. The minimum atomic E-state index is -0.101. The monoisotopic (exact) mass is 411 g/mol. The third-order valence-corrected chi connectivity index (χ3v) is 5.84. The Hall–Kier alpha value is -3.40. The van der Waals surface area contributed by atoms with Gasteiger partial charge in [-0.1, -0.05) is 61.9 Å². The summed E-state index contributed by atoms with van der Waals surface area (Å²) in [6.45, 7) is 9.54. The van der Waals surface area contributed by atoms with Crippen molar-refractivity contribution in [3.05, 3.63) is 77.4 Å². The molecule has 0 aliphatic heterocycles. The molecule has 0 radical (unpaired) electrons. The van der Waals surface area contributed by atoms with E-state index in [0.717, 1.165) is 29.0 Å². The largest absolute Gasteiger partial charge is 0.355 e. The molecule has 31 heavy (non-hydrogen) atoms. The number of benzene rings is 3. The Kier molecular flexibility index (Phi) is 5.64. The van der Waals surface area contributed by atoms with Crippen LogP contribution in [0.2, 0.25) is 0 Å². The van der Waals surface area contributed by atoms with Gasteiger partial charge in [0.05, 0.1) is 11.0 Å². The van der Waals surface area contributed by atoms with Crippen LogP contribution in [0.1, 0.15) is 48.2 Å². The fourth-order valence-electron chi connectivity index (χ4n) is 4.26. The maximum Gasteiger partial charge on any atom is 0.251 e. The van der Waals surface area contributed by atoms with Gasteiger partial charge in [-0.25, -0.2) is 4.98 Å². The van der Waals surface area contributed by atoms with Crippen molar-refractivity contribution >= 4 is 16.9 Å². The molecule has 0 atom stereocenters. The zero-order chi connectivity index (χ0) is 22.1. The Labute approximate surface area is 183 Å². The van der Waals surface area contributed by atoms with E-state index in [1.54, 1.807) is 7.05 Å². The first-order valence-electron chi connectivity index (χ1n) is 10.9. The molecular formula is C27H29N3O. The summed E-state index contributed by atoms with van der Waals surface area (Å²) in [4.78, 5) is 17.1. The molecule has 1 amide bonds. The highest BCUT2D eigenvalue weighted by atomic mass is 16.1. The third-order valence-electron chi connectivity index (χ3n) is 5.84. The van der Waals surface area contributed by atoms with E-state index < -0.39 is 0 Å². The van der Waals surface area contributed by atoms with E-state index in [4.69, 9.17) is 4.98 Å². The topological polar surface area (TPSA) is 46.9 Å². The molecule has 1 aromatic heterocycles. The van der Waals surface area contributed by atoms with Crippen molar-refractivity contribution in [2.45, 2.75) is 40.2 Å². The highest BCUT2D eigenvalue weighted by Crippen LogP contribution is 2.37. The first kappa shape index (κ1) is 20.9. The van der Waals surface area contributed by atoms with Crippen LogP contribution in [0.5, 0.6) is 0 Å². The lowest BCUT2D eigenvalue weighted by Crippen LogP contribution is -2.17. The predicted molar refractivity (Wildman–Crippen MR) is 128 cm³/mol. The average molecular weight is 412 g/mol. The lowest BCUT2D eigenvalue weighted by atomic mass is 9.89. The van der Waals surface area contributed by atoms with Gasteiger partial charge in [-0.05, 0) is 54.7 Å². The highest BCUT2D eigenvalue weighted by Gasteiger charge is 2.19. The number of fused-ring (bicyclic) bond motifs is 1. The van der Waals surface area contributed by atoms with Crippen LogP contribution in [0.3, 0.4) is 0 Å². The van der Waals surface area contributed by atoms with Crippen LogP contribution in [0.15, 0.2) is 60.7 Å². The van der Waals surface area contributed by atoms with Crippen molar-refractivity contribution in [2.75, 3.05) is 7.05 Å². The standard InChI is InChI=1S/C27H29N3O/c1-6-30-25-14-12-19(27(31)28-5)16-24(25)29-26(30)22-10-8-7-9-20(22)21-13-11-18(4)15-23(21)17(2)3/h7-17H,6H2,1-5H3,(H,28,31). The van der Waals surface area contributed by atoms with Crippen LogP contribution in [0.4, 0.5) is 0 Å². The maximum atomic E-state index is 12.1. The highest BCUT2D eigenvalue weighted by molar-refractivity contribution is 5.98. The third kappa shape index (κ3) is 3.74. The summed E-state index contributed by atoms with van der Waals surface area (Å²) in [6, 6.07) is 20.9. The van der Waals surface area contributed by atoms with Crippen LogP contribution >= 0.6 is 0 Å². The molecule has 4 nitrogen and oxygen atoms in total. The summed E-state index contributed by atoms with van der Waals surface area (Å²) in [5, 5.41) is 2.69. The smallest absolute Gasteiger partial charge is 0.251 e. The predicted octanol–water partition coefficient (Wildman–Crippen LogP) is 6.18. The van der Waals surface area contributed by atoms with Crippen LogP contribution in [0.25, 0.3) is 33.5 Å². The van der Waals surface area contributed by atoms with E-state index in [2.05, 4.69) is 80.0 Å². The van der Waals surface area contributed by atoms with Crippen molar-refractivity contribution in [1.82, 2.24) is 14.9 Å². The Morgan fingerprint density at radius 1 is 1.00 bits per heavy atom. The molecule has 4 rings (SSSR count). The normalized spacial score (nSPS) is 11.3. The van der Waals surface area contributed by atoms with Crippen molar-refractivity contribution in [3.8, 4) is 22.5 Å². The van der Waals surface area contributed by atoms with Crippen LogP contribution < -0.4 is 5.32 Å². The minimum Gasteiger partial charge on any atom is -0.355 e. The second-order valence-corrected chi connectivity index (χ2v) is 8.25. The molecule has 0 saturated heterocycles. The summed E-state index contributed by atoms with van der Waals surface area (Å²) in [7, 11) is 1.65. The van der Waals surface area contributed by atoms with Gasteiger partial charge in [-0.2, -0.15) is 0 Å². The number of carbonyl (C=O) groups is 1. The van der Waals surface area contributed by atoms with Crippen molar-refractivity contribution in [2.24, 2.45) is 0 Å². The van der Waals surface area contributed by atoms with Crippen LogP contribution in [-0.2, 0) is 6.54 Å². The van der Waals surface area contributed by atoms with E-state index in [1.165, 1.54) is 22.3 Å². The van der Waals surface area contributed by atoms with Gasteiger partial charge < -0.3 is 9.88 Å². The molecule has 1 N–H and O–H groups in total. The van der Waals surface area contributed by atoms with E-state index in [-0.39, 0.29) is 5.91 Å². The Morgan fingerprint density at radius 2 is 1.74 bits per heavy atom. The van der Waals surface area contributed by atoms with E-state index in [9.17, 15) is 4.79 Å². The SMILES string of the molecule is CCn1c(-c2ccccc2-c2ccc(C)cc2C(C)C)nc2cc(C(=O)NC)ccc21. The van der Waals surface area contributed by atoms with Gasteiger partial charge in [-0.15, -0.1) is 0 Å². The molecule has 4 aromatic rings. The number of imidazole rings is 1. The Balaban J connectivity index is 1.96. The summed E-state index contributed by atoms with van der Waals surface area (Å²) in [5.41, 5.74) is 8.64. The Bertz CT molecular complexity index is 1270. The molecule has 3 aromatic carbocycles. The fourth-order valence-corrected chi connectivity index (χ4v) is 4.26. The molecule has 0 unspecified atom stereocenters. The molecule has 0 spiro atoms. The number of carbonyl (C=O) groups excluding carboxylic acids is 1. The van der Waals surface area contributed by atoms with Crippen molar-refractivity contribution < 1.29 is 4.79 Å². The first-order chi connectivity index (χ1) is 14.9. The summed E-state index contributed by atoms with van der Waals surface area (Å²) < 4.78 is 2.23. The maximum absolute atomic E-state index is 12.1. The number of nitrogens with zero attached hydrogens (tertiary/aromatic N) is 2. The van der Waals surface area contributed by atoms with Crippen LogP contribution in [0, 0.1) is 6.92 Å². The quantitative estimate of drug-likeness (QED) is 0.426. The number of rotatable bonds is 5. The number of hydrogen-bond donors (Lipinski definition) is 1. The summed E-state index contributed by atoms with van der Waals surface area (Å²) in [6.07, 6.45) is 0. The molecule has 0 fully saturated rings. The number of amides is 1. The number of aryl methyl sites for hydroxylation is 2. The summed E-state index contributed by atoms with van der Waals surface area (Å²) >= 11 is 0. The molecule has 158 valence electrons. The van der Waals surface area contributed by atoms with Gasteiger partial charge in [0.15, 0.2) is 0 Å². The second-order valence-electron chi connectivity index (χ2n) is 8.25. The lowest BCUT2D eigenvalue weighted by Gasteiger charge is -2.17. The number of aromatic nitrogens is 2. The molecule has 0 bridgehead atoms. The molecule has 4 heteroatoms. The number of nitrogens with one attached hydrogen (secondary N) is 1. The molecular weight excluding hydrogens is 382 g/mol. The zero-order valence-corrected chi connectivity index (χ0v) is 18.9. The fraction of sp³-hybridized carbons (Fsp3) is 0.259. The Morgan fingerprint density at radius 3 is 2.42 bits per heavy atom. The van der Waals surface area contributed by atoms with Crippen LogP contribution in [-0.4, -0.2) is 22.5 Å². The molecule has 0 aliphatic carbocycles. The van der Waals surface area contributed by atoms with Gasteiger partial charge in [0.2, 0.25) is 0 Å². The van der Waals surface area contributed by atoms with Crippen molar-refractivity contribution in [3.63, 3.8) is 0 Å². The van der Waals surface area contributed by atoms with Gasteiger partial charge in [-0.3, -0.25) is 4.79 Å². The molecule has 1 heterocycles. The molecule has 0 aliphatic rings. The average Bonchev–Trinajstić information content (AvgIpc) is 3.16. The van der Waals surface area contributed by atoms with E-state index >= 15 is 0 Å². The zero-order valence-electron chi connectivity index (χ0n) is 18.9.